The number of hydrogen-bond donors (Lipinski definition) is 1. The number of carbonyl (C=O) groups excluding carboxylic acids is 1. The molecular weight excluding hydrogens is 388 g/mol. The maximum Gasteiger partial charge on any atom is 0.238 e. The molecule has 4 nitrogen and oxygen atoms in total. The highest BCUT2D eigenvalue weighted by atomic mass is 35.5. The van der Waals surface area contributed by atoms with E-state index in [0.717, 1.165) is 49.5 Å². The zero-order valence-corrected chi connectivity index (χ0v) is 16.7. The van der Waals surface area contributed by atoms with Gasteiger partial charge in [0.2, 0.25) is 5.91 Å². The smallest absolute Gasteiger partial charge is 0.238 e. The van der Waals surface area contributed by atoms with Crippen molar-refractivity contribution in [3.63, 3.8) is 0 Å². The Morgan fingerprint density at radius 2 is 1.78 bits per heavy atom. The minimum absolute atomic E-state index is 0.0425. The van der Waals surface area contributed by atoms with Gasteiger partial charge in [-0.1, -0.05) is 35.3 Å². The zero-order valence-electron chi connectivity index (χ0n) is 15.1. The summed E-state index contributed by atoms with van der Waals surface area (Å²) < 4.78 is 13.3. The molecule has 3 rings (SSSR count). The molecule has 1 aliphatic heterocycles. The zero-order chi connectivity index (χ0) is 19.4. The number of piperazine rings is 1. The van der Waals surface area contributed by atoms with Crippen molar-refractivity contribution in [3.05, 3.63) is 63.4 Å². The van der Waals surface area contributed by atoms with Crippen molar-refractivity contribution < 1.29 is 9.18 Å². The van der Waals surface area contributed by atoms with Gasteiger partial charge in [-0.05, 0) is 42.3 Å². The van der Waals surface area contributed by atoms with Crippen LogP contribution < -0.4 is 5.32 Å². The summed E-state index contributed by atoms with van der Waals surface area (Å²) in [7, 11) is 0. The molecule has 1 fully saturated rings. The van der Waals surface area contributed by atoms with E-state index in [2.05, 4.69) is 15.1 Å². The van der Waals surface area contributed by atoms with Crippen LogP contribution in [-0.4, -0.2) is 48.4 Å². The molecular formula is C20H22Cl2FN3O. The van der Waals surface area contributed by atoms with Gasteiger partial charge >= 0.3 is 0 Å². The third-order valence-corrected chi connectivity index (χ3v) is 5.22. The van der Waals surface area contributed by atoms with E-state index in [1.54, 1.807) is 24.3 Å². The fourth-order valence-corrected chi connectivity index (χ4v) is 3.50. The summed E-state index contributed by atoms with van der Waals surface area (Å²) in [6, 6.07) is 10.3. The van der Waals surface area contributed by atoms with E-state index in [1.165, 1.54) is 6.07 Å². The second-order valence-electron chi connectivity index (χ2n) is 6.81. The second-order valence-corrected chi connectivity index (χ2v) is 7.65. The van der Waals surface area contributed by atoms with Crippen LogP contribution in [0.4, 0.5) is 10.1 Å². The first-order valence-corrected chi connectivity index (χ1v) is 9.61. The highest BCUT2D eigenvalue weighted by Gasteiger charge is 2.19. The molecule has 0 spiro atoms. The number of rotatable bonds is 5. The number of nitrogens with zero attached hydrogens (tertiary/aromatic N) is 2. The second kappa shape index (κ2) is 9.02. The molecule has 1 saturated heterocycles. The maximum absolute atomic E-state index is 13.3. The van der Waals surface area contributed by atoms with Crippen molar-refractivity contribution in [1.29, 1.82) is 0 Å². The predicted molar refractivity (Wildman–Crippen MR) is 108 cm³/mol. The van der Waals surface area contributed by atoms with E-state index >= 15 is 0 Å². The first-order valence-electron chi connectivity index (χ1n) is 8.85. The van der Waals surface area contributed by atoms with E-state index in [4.69, 9.17) is 23.2 Å². The molecule has 1 N–H and O–H groups in total. The fraction of sp³-hybridized carbons (Fsp3) is 0.350. The quantitative estimate of drug-likeness (QED) is 0.803. The highest BCUT2D eigenvalue weighted by molar-refractivity contribution is 6.31. The van der Waals surface area contributed by atoms with Gasteiger partial charge in [0.1, 0.15) is 5.82 Å². The lowest BCUT2D eigenvalue weighted by Crippen LogP contribution is -2.48. The van der Waals surface area contributed by atoms with E-state index in [9.17, 15) is 9.18 Å². The first kappa shape index (κ1) is 20.1. The van der Waals surface area contributed by atoms with Crippen LogP contribution in [0.2, 0.25) is 10.0 Å². The minimum atomic E-state index is -0.397. The van der Waals surface area contributed by atoms with Gasteiger partial charge in [0.05, 0.1) is 11.6 Å². The molecule has 7 heteroatoms. The Balaban J connectivity index is 1.46. The number of carbonyl (C=O) groups is 1. The number of hydrogen-bond acceptors (Lipinski definition) is 3. The van der Waals surface area contributed by atoms with E-state index in [1.807, 2.05) is 13.0 Å². The molecule has 0 saturated carbocycles. The minimum Gasteiger partial charge on any atom is -0.325 e. The number of benzene rings is 2. The van der Waals surface area contributed by atoms with Crippen LogP contribution in [0.1, 0.15) is 11.1 Å². The molecule has 0 bridgehead atoms. The Morgan fingerprint density at radius 1 is 1.07 bits per heavy atom. The average molecular weight is 410 g/mol. The van der Waals surface area contributed by atoms with Gasteiger partial charge in [0.15, 0.2) is 0 Å². The normalized spacial score (nSPS) is 15.7. The van der Waals surface area contributed by atoms with Crippen LogP contribution in [0.25, 0.3) is 0 Å². The van der Waals surface area contributed by atoms with Crippen LogP contribution in [0.15, 0.2) is 36.4 Å². The third-order valence-electron chi connectivity index (χ3n) is 4.70. The van der Waals surface area contributed by atoms with Crippen LogP contribution in [0.3, 0.4) is 0 Å². The monoisotopic (exact) mass is 409 g/mol. The van der Waals surface area contributed by atoms with Gasteiger partial charge in [-0.2, -0.15) is 0 Å². The summed E-state index contributed by atoms with van der Waals surface area (Å²) in [5.41, 5.74) is 2.72. The van der Waals surface area contributed by atoms with Gasteiger partial charge in [0.25, 0.3) is 0 Å². The predicted octanol–water partition coefficient (Wildman–Crippen LogP) is 4.20. The highest BCUT2D eigenvalue weighted by Crippen LogP contribution is 2.20. The summed E-state index contributed by atoms with van der Waals surface area (Å²) in [6.45, 7) is 6.31. The molecule has 0 aliphatic carbocycles. The Hall–Kier alpha value is -1.66. The van der Waals surface area contributed by atoms with Crippen molar-refractivity contribution in [2.75, 3.05) is 38.0 Å². The van der Waals surface area contributed by atoms with Crippen molar-refractivity contribution >= 4 is 34.8 Å². The van der Waals surface area contributed by atoms with Gasteiger partial charge < -0.3 is 5.32 Å². The summed E-state index contributed by atoms with van der Waals surface area (Å²) >= 11 is 11.8. The molecule has 0 radical (unpaired) electrons. The van der Waals surface area contributed by atoms with Gasteiger partial charge in [-0.25, -0.2) is 4.39 Å². The SMILES string of the molecule is Cc1ccc(Cl)cc1NC(=O)CN1CCN(Cc2ccc(F)c(Cl)c2)CC1. The Kier molecular flexibility index (Phi) is 6.71. The largest absolute Gasteiger partial charge is 0.325 e. The molecule has 1 aliphatic rings. The van der Waals surface area contributed by atoms with Crippen molar-refractivity contribution in [2.45, 2.75) is 13.5 Å². The lowest BCUT2D eigenvalue weighted by Gasteiger charge is -2.34. The van der Waals surface area contributed by atoms with Crippen molar-refractivity contribution in [1.82, 2.24) is 9.80 Å². The summed E-state index contributed by atoms with van der Waals surface area (Å²) in [5.74, 6) is -0.440. The summed E-state index contributed by atoms with van der Waals surface area (Å²) in [4.78, 5) is 16.7. The number of halogens is 3. The Bertz CT molecular complexity index is 823. The van der Waals surface area contributed by atoms with E-state index in [0.29, 0.717) is 11.6 Å². The average Bonchev–Trinajstić information content (AvgIpc) is 2.63. The lowest BCUT2D eigenvalue weighted by molar-refractivity contribution is -0.117. The molecule has 1 amide bonds. The molecule has 2 aromatic rings. The summed E-state index contributed by atoms with van der Waals surface area (Å²) in [5, 5.41) is 3.69. The van der Waals surface area contributed by atoms with Crippen LogP contribution >= 0.6 is 23.2 Å². The molecule has 0 unspecified atom stereocenters. The van der Waals surface area contributed by atoms with E-state index < -0.39 is 5.82 Å². The third kappa shape index (κ3) is 5.66. The van der Waals surface area contributed by atoms with Crippen LogP contribution in [-0.2, 0) is 11.3 Å². The fourth-order valence-electron chi connectivity index (χ4n) is 3.12. The molecule has 144 valence electrons. The molecule has 0 aromatic heterocycles. The Labute approximate surface area is 168 Å². The standard InChI is InChI=1S/C20H22Cl2FN3O/c1-14-2-4-16(21)11-19(14)24-20(27)13-26-8-6-25(7-9-26)12-15-3-5-18(23)17(22)10-15/h2-5,10-11H,6-9,12-13H2,1H3,(H,24,27). The van der Waals surface area contributed by atoms with Gasteiger partial charge in [-0.15, -0.1) is 0 Å². The first-order chi connectivity index (χ1) is 12.9. The molecule has 0 atom stereocenters. The number of anilines is 1. The number of nitrogens with one attached hydrogen (secondary N) is 1. The summed E-state index contributed by atoms with van der Waals surface area (Å²) in [6.07, 6.45) is 0. The molecule has 1 heterocycles. The number of amides is 1. The topological polar surface area (TPSA) is 35.6 Å². The number of aryl methyl sites for hydroxylation is 1. The molecule has 27 heavy (non-hydrogen) atoms. The molecule has 2 aromatic carbocycles. The maximum atomic E-state index is 13.3. The van der Waals surface area contributed by atoms with Crippen molar-refractivity contribution in [2.24, 2.45) is 0 Å². The van der Waals surface area contributed by atoms with Crippen LogP contribution in [0.5, 0.6) is 0 Å². The van der Waals surface area contributed by atoms with Crippen molar-refractivity contribution in [3.8, 4) is 0 Å². The Morgan fingerprint density at radius 3 is 2.48 bits per heavy atom. The van der Waals surface area contributed by atoms with Gasteiger partial charge in [0, 0.05) is 43.4 Å². The van der Waals surface area contributed by atoms with Gasteiger partial charge in [-0.3, -0.25) is 14.6 Å². The van der Waals surface area contributed by atoms with Crippen LogP contribution in [0, 0.1) is 12.7 Å². The van der Waals surface area contributed by atoms with E-state index in [-0.39, 0.29) is 10.9 Å². The lowest BCUT2D eigenvalue weighted by atomic mass is 10.2.